The summed E-state index contributed by atoms with van der Waals surface area (Å²) >= 11 is 0. The van der Waals surface area contributed by atoms with E-state index in [2.05, 4.69) is 5.32 Å². The molecule has 1 atom stereocenters. The fourth-order valence-corrected chi connectivity index (χ4v) is 3.97. The average Bonchev–Trinajstić information content (AvgIpc) is 2.71. The van der Waals surface area contributed by atoms with E-state index in [-0.39, 0.29) is 5.78 Å². The van der Waals surface area contributed by atoms with Crippen LogP contribution in [0.25, 0.3) is 0 Å². The zero-order valence-corrected chi connectivity index (χ0v) is 16.8. The van der Waals surface area contributed by atoms with Crippen molar-refractivity contribution in [3.63, 3.8) is 0 Å². The number of benzene rings is 1. The molecular formula is C21H25NO6. The molecule has 7 nitrogen and oxygen atoms in total. The van der Waals surface area contributed by atoms with Crippen LogP contribution in [-0.2, 0) is 14.3 Å². The summed E-state index contributed by atoms with van der Waals surface area (Å²) in [6.45, 7) is 1.82. The molecule has 3 rings (SSSR count). The van der Waals surface area contributed by atoms with Crippen LogP contribution in [0.4, 0.5) is 0 Å². The van der Waals surface area contributed by atoms with E-state index >= 15 is 0 Å². The van der Waals surface area contributed by atoms with Gasteiger partial charge in [0.15, 0.2) is 17.3 Å². The van der Waals surface area contributed by atoms with Gasteiger partial charge in [-0.3, -0.25) is 4.79 Å². The normalized spacial score (nSPS) is 19.0. The molecule has 0 spiro atoms. The highest BCUT2D eigenvalue weighted by molar-refractivity contribution is 6.03. The van der Waals surface area contributed by atoms with Crippen LogP contribution in [-0.4, -0.2) is 40.2 Å². The molecule has 150 valence electrons. The van der Waals surface area contributed by atoms with Crippen LogP contribution in [0.5, 0.6) is 17.2 Å². The molecule has 1 aromatic carbocycles. The second kappa shape index (κ2) is 7.96. The summed E-state index contributed by atoms with van der Waals surface area (Å²) < 4.78 is 21.4. The van der Waals surface area contributed by atoms with Gasteiger partial charge in [0.05, 0.1) is 34.0 Å². The zero-order valence-electron chi connectivity index (χ0n) is 16.8. The van der Waals surface area contributed by atoms with Crippen LogP contribution in [0.1, 0.15) is 37.7 Å². The molecule has 0 fully saturated rings. The SMILES string of the molecule is COC(=O)C1=C(C)NC2=C(C(=O)CCC2)C1c1cc(OC)c(OC)c(OC)c1. The van der Waals surface area contributed by atoms with Gasteiger partial charge in [0, 0.05) is 29.3 Å². The van der Waals surface area contributed by atoms with Gasteiger partial charge in [0.2, 0.25) is 5.75 Å². The van der Waals surface area contributed by atoms with Gasteiger partial charge in [-0.15, -0.1) is 0 Å². The van der Waals surface area contributed by atoms with Crippen LogP contribution in [0.15, 0.2) is 34.7 Å². The second-order valence-corrected chi connectivity index (χ2v) is 6.72. The lowest BCUT2D eigenvalue weighted by Gasteiger charge is -2.34. The van der Waals surface area contributed by atoms with E-state index in [1.54, 1.807) is 12.1 Å². The summed E-state index contributed by atoms with van der Waals surface area (Å²) in [6, 6.07) is 3.56. The lowest BCUT2D eigenvalue weighted by Crippen LogP contribution is -2.34. The van der Waals surface area contributed by atoms with E-state index < -0.39 is 11.9 Å². The predicted octanol–water partition coefficient (Wildman–Crippen LogP) is 2.85. The molecule has 1 unspecified atom stereocenters. The number of dihydropyridines is 1. The van der Waals surface area contributed by atoms with Crippen molar-refractivity contribution >= 4 is 11.8 Å². The summed E-state index contributed by atoms with van der Waals surface area (Å²) in [6.07, 6.45) is 2.00. The lowest BCUT2D eigenvalue weighted by molar-refractivity contribution is -0.136. The maximum atomic E-state index is 12.8. The highest BCUT2D eigenvalue weighted by atomic mass is 16.5. The fraction of sp³-hybridized carbons (Fsp3) is 0.429. The van der Waals surface area contributed by atoms with E-state index in [0.717, 1.165) is 18.5 Å². The summed E-state index contributed by atoms with van der Waals surface area (Å²) in [5.41, 5.74) is 3.26. The quantitative estimate of drug-likeness (QED) is 0.778. The molecule has 0 radical (unpaired) electrons. The minimum Gasteiger partial charge on any atom is -0.493 e. The van der Waals surface area contributed by atoms with Crippen molar-refractivity contribution in [2.75, 3.05) is 28.4 Å². The number of Topliss-reactive ketones (excluding diaryl/α,β-unsaturated/α-hetero) is 1. The van der Waals surface area contributed by atoms with Crippen LogP contribution in [0, 0.1) is 0 Å². The first-order valence-electron chi connectivity index (χ1n) is 9.09. The highest BCUT2D eigenvalue weighted by Gasteiger charge is 2.39. The number of ether oxygens (including phenoxy) is 4. The third-order valence-corrected chi connectivity index (χ3v) is 5.20. The fourth-order valence-electron chi connectivity index (χ4n) is 3.97. The van der Waals surface area contributed by atoms with Crippen LogP contribution in [0.3, 0.4) is 0 Å². The van der Waals surface area contributed by atoms with Gasteiger partial charge in [0.1, 0.15) is 0 Å². The van der Waals surface area contributed by atoms with Gasteiger partial charge in [0.25, 0.3) is 0 Å². The Kier molecular flexibility index (Phi) is 5.63. The molecule has 7 heteroatoms. The number of allylic oxidation sites excluding steroid dienone is 3. The standard InChI is InChI=1S/C21H25NO6/c1-11-17(21(24)28-5)18(19-13(22-11)7-6-8-14(19)23)12-9-15(25-2)20(27-4)16(10-12)26-3/h9-10,18,22H,6-8H2,1-5H3. The van der Waals surface area contributed by atoms with E-state index in [1.807, 2.05) is 6.92 Å². The molecular weight excluding hydrogens is 362 g/mol. The molecule has 1 aromatic rings. The Balaban J connectivity index is 2.27. The Labute approximate surface area is 164 Å². The van der Waals surface area contributed by atoms with E-state index in [4.69, 9.17) is 18.9 Å². The van der Waals surface area contributed by atoms with Crippen molar-refractivity contribution in [3.8, 4) is 17.2 Å². The van der Waals surface area contributed by atoms with Crippen LogP contribution in [0.2, 0.25) is 0 Å². The Hall–Kier alpha value is -2.96. The van der Waals surface area contributed by atoms with Crippen molar-refractivity contribution in [2.45, 2.75) is 32.1 Å². The first-order valence-corrected chi connectivity index (χ1v) is 9.09. The minimum atomic E-state index is -0.565. The van der Waals surface area contributed by atoms with E-state index in [9.17, 15) is 9.59 Å². The molecule has 0 amide bonds. The number of rotatable bonds is 5. The number of carbonyl (C=O) groups excluding carboxylic acids is 2. The maximum Gasteiger partial charge on any atom is 0.336 e. The number of methoxy groups -OCH3 is 4. The summed E-state index contributed by atoms with van der Waals surface area (Å²) in [5.74, 6) is 0.359. The topological polar surface area (TPSA) is 83.1 Å². The number of hydrogen-bond acceptors (Lipinski definition) is 7. The molecule has 0 bridgehead atoms. The van der Waals surface area contributed by atoms with Crippen LogP contribution < -0.4 is 19.5 Å². The lowest BCUT2D eigenvalue weighted by atomic mass is 9.75. The van der Waals surface area contributed by atoms with Gasteiger partial charge in [-0.05, 0) is 37.5 Å². The summed E-state index contributed by atoms with van der Waals surface area (Å²) in [5, 5.41) is 3.24. The van der Waals surface area contributed by atoms with Crippen molar-refractivity contribution in [3.05, 3.63) is 40.2 Å². The van der Waals surface area contributed by atoms with Crippen LogP contribution >= 0.6 is 0 Å². The van der Waals surface area contributed by atoms with E-state index in [0.29, 0.717) is 46.1 Å². The number of carbonyl (C=O) groups is 2. The first kappa shape index (κ1) is 19.8. The number of nitrogens with one attached hydrogen (secondary N) is 1. The van der Waals surface area contributed by atoms with Gasteiger partial charge < -0.3 is 24.3 Å². The molecule has 1 aliphatic heterocycles. The maximum absolute atomic E-state index is 12.8. The second-order valence-electron chi connectivity index (χ2n) is 6.72. The third-order valence-electron chi connectivity index (χ3n) is 5.20. The van der Waals surface area contributed by atoms with Gasteiger partial charge in [-0.2, -0.15) is 0 Å². The van der Waals surface area contributed by atoms with Gasteiger partial charge >= 0.3 is 5.97 Å². The molecule has 28 heavy (non-hydrogen) atoms. The molecule has 0 aromatic heterocycles. The zero-order chi connectivity index (χ0) is 20.4. The summed E-state index contributed by atoms with van der Waals surface area (Å²) in [7, 11) is 5.92. The van der Waals surface area contributed by atoms with Gasteiger partial charge in [-0.1, -0.05) is 0 Å². The molecule has 1 N–H and O–H groups in total. The van der Waals surface area contributed by atoms with Crippen molar-refractivity contribution in [2.24, 2.45) is 0 Å². The molecule has 1 aliphatic carbocycles. The van der Waals surface area contributed by atoms with Gasteiger partial charge in [-0.25, -0.2) is 4.79 Å². The Bertz CT molecular complexity index is 858. The molecule has 2 aliphatic rings. The molecule has 0 saturated carbocycles. The average molecular weight is 387 g/mol. The highest BCUT2D eigenvalue weighted by Crippen LogP contribution is 2.47. The summed E-state index contributed by atoms with van der Waals surface area (Å²) in [4.78, 5) is 25.5. The van der Waals surface area contributed by atoms with Crippen molar-refractivity contribution in [1.82, 2.24) is 5.32 Å². The molecule has 1 heterocycles. The number of ketones is 1. The minimum absolute atomic E-state index is 0.0291. The first-order chi connectivity index (χ1) is 13.5. The molecule has 0 saturated heterocycles. The number of hydrogen-bond donors (Lipinski definition) is 1. The predicted molar refractivity (Wildman–Crippen MR) is 103 cm³/mol. The van der Waals surface area contributed by atoms with Crippen molar-refractivity contribution in [1.29, 1.82) is 0 Å². The largest absolute Gasteiger partial charge is 0.493 e. The smallest absolute Gasteiger partial charge is 0.336 e. The number of esters is 1. The third kappa shape index (κ3) is 3.21. The monoisotopic (exact) mass is 387 g/mol. The Morgan fingerprint density at radius 2 is 1.68 bits per heavy atom. The Morgan fingerprint density at radius 3 is 2.21 bits per heavy atom. The van der Waals surface area contributed by atoms with E-state index in [1.165, 1.54) is 28.4 Å². The van der Waals surface area contributed by atoms with Crippen molar-refractivity contribution < 1.29 is 28.5 Å². The Morgan fingerprint density at radius 1 is 1.04 bits per heavy atom.